The fourth-order valence-electron chi connectivity index (χ4n) is 2.66. The largest absolute Gasteiger partial charge is 0.479 e. The van der Waals surface area contributed by atoms with E-state index in [1.165, 1.54) is 12.7 Å². The quantitative estimate of drug-likeness (QED) is 0.870. The molecule has 0 radical (unpaired) electrons. The lowest BCUT2D eigenvalue weighted by Crippen LogP contribution is -2.28. The van der Waals surface area contributed by atoms with E-state index in [2.05, 4.69) is 21.9 Å². The van der Waals surface area contributed by atoms with Gasteiger partial charge >= 0.3 is 0 Å². The van der Waals surface area contributed by atoms with Gasteiger partial charge in [0.05, 0.1) is 7.11 Å². The normalized spacial score (nSPS) is 18.5. The number of methoxy groups -OCH3 is 1. The average Bonchev–Trinajstić information content (AvgIpc) is 3.17. The van der Waals surface area contributed by atoms with E-state index in [0.29, 0.717) is 17.4 Å². The number of carbonyl (C=O) groups excluding carboxylic acids is 1. The van der Waals surface area contributed by atoms with Crippen molar-refractivity contribution in [1.29, 1.82) is 0 Å². The second kappa shape index (κ2) is 5.28. The van der Waals surface area contributed by atoms with Gasteiger partial charge in [-0.3, -0.25) is 9.48 Å². The minimum atomic E-state index is 0.00711. The number of thiophene rings is 1. The first-order valence-electron chi connectivity index (χ1n) is 6.58. The third-order valence-electron chi connectivity index (χ3n) is 3.71. The van der Waals surface area contributed by atoms with Crippen LogP contribution in [0.2, 0.25) is 0 Å². The van der Waals surface area contributed by atoms with Crippen LogP contribution in [0.5, 0.6) is 5.88 Å². The Balaban J connectivity index is 1.75. The second-order valence-corrected chi connectivity index (χ2v) is 5.80. The third kappa shape index (κ3) is 2.31. The fraction of sp³-hybridized carbons (Fsp3) is 0.429. The number of nitrogens with zero attached hydrogens (tertiary/aromatic N) is 3. The van der Waals surface area contributed by atoms with Gasteiger partial charge in [0.2, 0.25) is 5.88 Å². The van der Waals surface area contributed by atoms with Crippen molar-refractivity contribution in [3.8, 4) is 5.88 Å². The van der Waals surface area contributed by atoms with Crippen molar-refractivity contribution in [2.24, 2.45) is 7.05 Å². The minimum Gasteiger partial charge on any atom is -0.479 e. The standard InChI is InChI=1S/C14H17N3O2S/c1-16-8-12(13(15-16)19-2)14(18)17-5-3-10(7-17)11-4-6-20-9-11/h4,6,8-10H,3,5,7H2,1-2H3. The summed E-state index contributed by atoms with van der Waals surface area (Å²) in [5.74, 6) is 0.858. The van der Waals surface area contributed by atoms with Crippen LogP contribution in [0.25, 0.3) is 0 Å². The zero-order valence-electron chi connectivity index (χ0n) is 11.6. The molecule has 0 bridgehead atoms. The van der Waals surface area contributed by atoms with Crippen molar-refractivity contribution < 1.29 is 9.53 Å². The van der Waals surface area contributed by atoms with Gasteiger partial charge < -0.3 is 9.64 Å². The molecule has 1 aliphatic heterocycles. The Morgan fingerprint density at radius 2 is 2.40 bits per heavy atom. The number of aromatic nitrogens is 2. The molecule has 6 heteroatoms. The Bertz CT molecular complexity index is 606. The number of ether oxygens (including phenoxy) is 1. The molecule has 1 amide bonds. The Kier molecular flexibility index (Phi) is 3.48. The first-order valence-corrected chi connectivity index (χ1v) is 7.52. The summed E-state index contributed by atoms with van der Waals surface area (Å²) < 4.78 is 6.78. The van der Waals surface area contributed by atoms with E-state index < -0.39 is 0 Å². The predicted octanol–water partition coefficient (Wildman–Crippen LogP) is 2.12. The van der Waals surface area contributed by atoms with Crippen molar-refractivity contribution >= 4 is 17.2 Å². The molecule has 106 valence electrons. The molecule has 5 nitrogen and oxygen atoms in total. The molecule has 3 heterocycles. The molecular formula is C14H17N3O2S. The number of hydrogen-bond donors (Lipinski definition) is 0. The van der Waals surface area contributed by atoms with Crippen molar-refractivity contribution in [3.63, 3.8) is 0 Å². The summed E-state index contributed by atoms with van der Waals surface area (Å²) in [7, 11) is 3.33. The topological polar surface area (TPSA) is 47.4 Å². The Morgan fingerprint density at radius 1 is 1.55 bits per heavy atom. The highest BCUT2D eigenvalue weighted by Gasteiger charge is 2.30. The van der Waals surface area contributed by atoms with Crippen LogP contribution in [-0.4, -0.2) is 40.8 Å². The van der Waals surface area contributed by atoms with Crippen molar-refractivity contribution in [3.05, 3.63) is 34.2 Å². The van der Waals surface area contributed by atoms with Gasteiger partial charge in [0.15, 0.2) is 0 Å². The predicted molar refractivity (Wildman–Crippen MR) is 77.3 cm³/mol. The summed E-state index contributed by atoms with van der Waals surface area (Å²) in [5, 5.41) is 8.40. The van der Waals surface area contributed by atoms with Gasteiger partial charge in [-0.05, 0) is 28.8 Å². The van der Waals surface area contributed by atoms with Crippen LogP contribution in [0, 0.1) is 0 Å². The lowest BCUT2D eigenvalue weighted by Gasteiger charge is -2.15. The summed E-state index contributed by atoms with van der Waals surface area (Å²) in [6.07, 6.45) is 2.74. The smallest absolute Gasteiger partial charge is 0.260 e. The maximum atomic E-state index is 12.6. The number of rotatable bonds is 3. The zero-order valence-corrected chi connectivity index (χ0v) is 12.4. The monoisotopic (exact) mass is 291 g/mol. The molecule has 0 saturated carbocycles. The number of carbonyl (C=O) groups is 1. The van der Waals surface area contributed by atoms with E-state index in [9.17, 15) is 4.79 Å². The summed E-state index contributed by atoms with van der Waals surface area (Å²) >= 11 is 1.71. The van der Waals surface area contributed by atoms with Crippen LogP contribution in [0.4, 0.5) is 0 Å². The number of amides is 1. The van der Waals surface area contributed by atoms with E-state index in [4.69, 9.17) is 4.74 Å². The van der Waals surface area contributed by atoms with Crippen molar-refractivity contribution in [1.82, 2.24) is 14.7 Å². The lowest BCUT2D eigenvalue weighted by atomic mass is 10.0. The summed E-state index contributed by atoms with van der Waals surface area (Å²) in [6.45, 7) is 1.56. The van der Waals surface area contributed by atoms with Crippen LogP contribution < -0.4 is 4.74 Å². The molecule has 0 aromatic carbocycles. The summed E-state index contributed by atoms with van der Waals surface area (Å²) in [4.78, 5) is 14.4. The summed E-state index contributed by atoms with van der Waals surface area (Å²) in [5.41, 5.74) is 1.88. The highest BCUT2D eigenvalue weighted by Crippen LogP contribution is 2.30. The van der Waals surface area contributed by atoms with Crippen LogP contribution >= 0.6 is 11.3 Å². The van der Waals surface area contributed by atoms with Crippen LogP contribution in [0.3, 0.4) is 0 Å². The summed E-state index contributed by atoms with van der Waals surface area (Å²) in [6, 6.07) is 2.15. The molecule has 1 aliphatic rings. The SMILES string of the molecule is COc1nn(C)cc1C(=O)N1CCC(c2ccsc2)C1. The molecule has 2 aromatic rings. The van der Waals surface area contributed by atoms with Crippen molar-refractivity contribution in [2.75, 3.05) is 20.2 Å². The van der Waals surface area contributed by atoms with E-state index >= 15 is 0 Å². The van der Waals surface area contributed by atoms with E-state index in [-0.39, 0.29) is 5.91 Å². The van der Waals surface area contributed by atoms with Gasteiger partial charge in [-0.25, -0.2) is 0 Å². The minimum absolute atomic E-state index is 0.00711. The van der Waals surface area contributed by atoms with Crippen LogP contribution in [0.1, 0.15) is 28.3 Å². The number of likely N-dealkylation sites (tertiary alicyclic amines) is 1. The molecule has 1 fully saturated rings. The van der Waals surface area contributed by atoms with Gasteiger partial charge in [0, 0.05) is 32.3 Å². The van der Waals surface area contributed by atoms with Gasteiger partial charge in [0.1, 0.15) is 5.56 Å². The van der Waals surface area contributed by atoms with E-state index in [0.717, 1.165) is 19.5 Å². The molecule has 0 N–H and O–H groups in total. The molecule has 20 heavy (non-hydrogen) atoms. The first-order chi connectivity index (χ1) is 9.69. The van der Waals surface area contributed by atoms with Gasteiger partial charge in [0.25, 0.3) is 5.91 Å². The number of hydrogen-bond acceptors (Lipinski definition) is 4. The molecule has 3 rings (SSSR count). The second-order valence-electron chi connectivity index (χ2n) is 5.02. The van der Waals surface area contributed by atoms with Crippen LogP contribution in [-0.2, 0) is 7.05 Å². The molecule has 1 saturated heterocycles. The number of aryl methyl sites for hydroxylation is 1. The van der Waals surface area contributed by atoms with Gasteiger partial charge in [-0.1, -0.05) is 0 Å². The highest BCUT2D eigenvalue weighted by atomic mass is 32.1. The maximum Gasteiger partial charge on any atom is 0.260 e. The van der Waals surface area contributed by atoms with E-state index in [1.807, 2.05) is 4.90 Å². The molecule has 2 aromatic heterocycles. The Hall–Kier alpha value is -1.82. The zero-order chi connectivity index (χ0) is 14.1. The Labute approximate surface area is 121 Å². The van der Waals surface area contributed by atoms with Crippen molar-refractivity contribution in [2.45, 2.75) is 12.3 Å². The fourth-order valence-corrected chi connectivity index (χ4v) is 3.40. The molecule has 1 unspecified atom stereocenters. The van der Waals surface area contributed by atoms with E-state index in [1.54, 1.807) is 29.3 Å². The Morgan fingerprint density at radius 3 is 3.10 bits per heavy atom. The highest BCUT2D eigenvalue weighted by molar-refractivity contribution is 7.07. The molecule has 1 atom stereocenters. The van der Waals surface area contributed by atoms with Gasteiger partial charge in [-0.15, -0.1) is 5.10 Å². The third-order valence-corrected chi connectivity index (χ3v) is 4.41. The molecule has 0 spiro atoms. The van der Waals surface area contributed by atoms with Gasteiger partial charge in [-0.2, -0.15) is 11.3 Å². The van der Waals surface area contributed by atoms with Crippen LogP contribution in [0.15, 0.2) is 23.0 Å². The molecule has 0 aliphatic carbocycles. The first kappa shape index (κ1) is 13.2. The molecular weight excluding hydrogens is 274 g/mol. The average molecular weight is 291 g/mol. The maximum absolute atomic E-state index is 12.6. The lowest BCUT2D eigenvalue weighted by molar-refractivity contribution is 0.0787.